The summed E-state index contributed by atoms with van der Waals surface area (Å²) in [5.74, 6) is -0.342. The molecule has 0 radical (unpaired) electrons. The Kier molecular flexibility index (Phi) is 5.35. The van der Waals surface area contributed by atoms with Gasteiger partial charge >= 0.3 is 5.97 Å². The molecule has 3 N–H and O–H groups in total. The molecule has 1 saturated heterocycles. The van der Waals surface area contributed by atoms with Crippen molar-refractivity contribution in [2.75, 3.05) is 13.1 Å². The zero-order chi connectivity index (χ0) is 14.6. The van der Waals surface area contributed by atoms with Crippen molar-refractivity contribution in [3.63, 3.8) is 0 Å². The van der Waals surface area contributed by atoms with Crippen molar-refractivity contribution in [2.24, 2.45) is 17.1 Å². The molecule has 5 heteroatoms. The van der Waals surface area contributed by atoms with Crippen molar-refractivity contribution >= 4 is 11.9 Å². The predicted molar refractivity (Wildman–Crippen MR) is 73.6 cm³/mol. The van der Waals surface area contributed by atoms with Crippen LogP contribution in [0.5, 0.6) is 0 Å². The number of hydrogen-bond acceptors (Lipinski definition) is 3. The average Bonchev–Trinajstić information content (AvgIpc) is 2.73. The summed E-state index contributed by atoms with van der Waals surface area (Å²) in [6.45, 7) is 7.52. The molecule has 0 aromatic carbocycles. The van der Waals surface area contributed by atoms with Crippen molar-refractivity contribution in [2.45, 2.75) is 52.5 Å². The third-order valence-corrected chi connectivity index (χ3v) is 3.91. The fourth-order valence-corrected chi connectivity index (χ4v) is 2.25. The summed E-state index contributed by atoms with van der Waals surface area (Å²) < 4.78 is 0. The largest absolute Gasteiger partial charge is 0.481 e. The van der Waals surface area contributed by atoms with Crippen LogP contribution in [0.15, 0.2) is 0 Å². The number of carboxylic acids is 1. The number of nitrogens with zero attached hydrogens (tertiary/aromatic N) is 1. The molecule has 5 nitrogen and oxygen atoms in total. The molecule has 1 amide bonds. The van der Waals surface area contributed by atoms with Crippen LogP contribution in [0.2, 0.25) is 0 Å². The molecule has 0 saturated carbocycles. The van der Waals surface area contributed by atoms with Crippen LogP contribution in [0.4, 0.5) is 0 Å². The molecular formula is C14H26N2O3. The molecule has 2 atom stereocenters. The van der Waals surface area contributed by atoms with Crippen LogP contribution in [-0.2, 0) is 9.59 Å². The molecule has 1 aliphatic rings. The summed E-state index contributed by atoms with van der Waals surface area (Å²) in [6, 6.07) is -0.141. The van der Waals surface area contributed by atoms with Crippen molar-refractivity contribution < 1.29 is 14.7 Å². The van der Waals surface area contributed by atoms with E-state index in [0.29, 0.717) is 25.3 Å². The van der Waals surface area contributed by atoms with Gasteiger partial charge in [0.2, 0.25) is 5.91 Å². The Morgan fingerprint density at radius 1 is 1.42 bits per heavy atom. The van der Waals surface area contributed by atoms with Gasteiger partial charge in [0.1, 0.15) is 0 Å². The number of rotatable bonds is 5. The monoisotopic (exact) mass is 270 g/mol. The Hall–Kier alpha value is -1.10. The van der Waals surface area contributed by atoms with E-state index in [1.165, 1.54) is 0 Å². The second-order valence-electron chi connectivity index (χ2n) is 6.60. The lowest BCUT2D eigenvalue weighted by atomic mass is 9.85. The minimum atomic E-state index is -0.764. The number of amides is 1. The van der Waals surface area contributed by atoms with Gasteiger partial charge < -0.3 is 15.7 Å². The fourth-order valence-electron chi connectivity index (χ4n) is 2.25. The minimum absolute atomic E-state index is 0.0713. The Bertz CT molecular complexity index is 336. The quantitative estimate of drug-likeness (QED) is 0.792. The second-order valence-corrected chi connectivity index (χ2v) is 6.60. The maximum atomic E-state index is 12.1. The Balaban J connectivity index is 2.38. The van der Waals surface area contributed by atoms with Gasteiger partial charge in [0.15, 0.2) is 0 Å². The number of nitrogens with two attached hydrogens (primary N) is 1. The lowest BCUT2D eigenvalue weighted by Gasteiger charge is -2.28. The molecule has 0 aromatic heterocycles. The van der Waals surface area contributed by atoms with Crippen LogP contribution in [0.3, 0.4) is 0 Å². The first-order chi connectivity index (χ1) is 8.70. The molecule has 1 aliphatic heterocycles. The standard InChI is InChI=1S/C14H26N2O3/c1-14(2,3)11(15)8-12(17)16-7-6-10(9-16)4-5-13(18)19/h10-11H,4-9,15H2,1-3H3,(H,18,19). The van der Waals surface area contributed by atoms with Crippen LogP contribution in [0.1, 0.15) is 46.5 Å². The van der Waals surface area contributed by atoms with Gasteiger partial charge in [0.25, 0.3) is 0 Å². The van der Waals surface area contributed by atoms with Gasteiger partial charge in [0.05, 0.1) is 0 Å². The first-order valence-electron chi connectivity index (χ1n) is 6.95. The third kappa shape index (κ3) is 5.19. The highest BCUT2D eigenvalue weighted by Crippen LogP contribution is 2.24. The summed E-state index contributed by atoms with van der Waals surface area (Å²) in [5.41, 5.74) is 5.96. The van der Waals surface area contributed by atoms with Gasteiger partial charge in [-0.25, -0.2) is 0 Å². The summed E-state index contributed by atoms with van der Waals surface area (Å²) in [4.78, 5) is 24.5. The molecule has 1 fully saturated rings. The third-order valence-electron chi connectivity index (χ3n) is 3.91. The zero-order valence-electron chi connectivity index (χ0n) is 12.2. The van der Waals surface area contributed by atoms with E-state index in [2.05, 4.69) is 0 Å². The molecule has 0 spiro atoms. The van der Waals surface area contributed by atoms with E-state index in [1.54, 1.807) is 0 Å². The van der Waals surface area contributed by atoms with Crippen molar-refractivity contribution in [3.8, 4) is 0 Å². The van der Waals surface area contributed by atoms with Gasteiger partial charge in [0, 0.05) is 32.0 Å². The fraction of sp³-hybridized carbons (Fsp3) is 0.857. The number of aliphatic carboxylic acids is 1. The van der Waals surface area contributed by atoms with E-state index in [0.717, 1.165) is 13.0 Å². The summed E-state index contributed by atoms with van der Waals surface area (Å²) in [6.07, 6.45) is 2.12. The highest BCUT2D eigenvalue weighted by Gasteiger charge is 2.30. The topological polar surface area (TPSA) is 83.6 Å². The van der Waals surface area contributed by atoms with Crippen molar-refractivity contribution in [3.05, 3.63) is 0 Å². The molecule has 19 heavy (non-hydrogen) atoms. The Morgan fingerprint density at radius 2 is 2.05 bits per heavy atom. The molecular weight excluding hydrogens is 244 g/mol. The number of carboxylic acid groups (broad SMARTS) is 1. The predicted octanol–water partition coefficient (Wildman–Crippen LogP) is 1.46. The number of hydrogen-bond donors (Lipinski definition) is 2. The average molecular weight is 270 g/mol. The SMILES string of the molecule is CC(C)(C)C(N)CC(=O)N1CCC(CCC(=O)O)C1. The molecule has 2 unspecified atom stereocenters. The van der Waals surface area contributed by atoms with Gasteiger partial charge in [-0.15, -0.1) is 0 Å². The Morgan fingerprint density at radius 3 is 2.58 bits per heavy atom. The normalized spacial score (nSPS) is 21.5. The summed E-state index contributed by atoms with van der Waals surface area (Å²) in [5, 5.41) is 8.66. The van der Waals surface area contributed by atoms with E-state index in [9.17, 15) is 9.59 Å². The number of likely N-dealkylation sites (tertiary alicyclic amines) is 1. The van der Waals surface area contributed by atoms with Crippen LogP contribution in [-0.4, -0.2) is 41.0 Å². The van der Waals surface area contributed by atoms with Gasteiger partial charge in [-0.1, -0.05) is 20.8 Å². The van der Waals surface area contributed by atoms with E-state index in [1.807, 2.05) is 25.7 Å². The second kappa shape index (κ2) is 6.37. The Labute approximate surface area is 115 Å². The summed E-state index contributed by atoms with van der Waals surface area (Å²) >= 11 is 0. The molecule has 0 aliphatic carbocycles. The van der Waals surface area contributed by atoms with Crippen molar-refractivity contribution in [1.29, 1.82) is 0 Å². The lowest BCUT2D eigenvalue weighted by Crippen LogP contribution is -2.41. The molecule has 110 valence electrons. The first kappa shape index (κ1) is 16.0. The van der Waals surface area contributed by atoms with E-state index >= 15 is 0 Å². The smallest absolute Gasteiger partial charge is 0.303 e. The van der Waals surface area contributed by atoms with Gasteiger partial charge in [-0.2, -0.15) is 0 Å². The number of carbonyl (C=O) groups is 2. The molecule has 1 rings (SSSR count). The minimum Gasteiger partial charge on any atom is -0.481 e. The lowest BCUT2D eigenvalue weighted by molar-refractivity contribution is -0.137. The first-order valence-corrected chi connectivity index (χ1v) is 6.95. The van der Waals surface area contributed by atoms with Crippen molar-refractivity contribution in [1.82, 2.24) is 4.90 Å². The van der Waals surface area contributed by atoms with Crippen LogP contribution < -0.4 is 5.73 Å². The molecule has 0 bridgehead atoms. The number of carbonyl (C=O) groups excluding carboxylic acids is 1. The zero-order valence-corrected chi connectivity index (χ0v) is 12.2. The highest BCUT2D eigenvalue weighted by molar-refractivity contribution is 5.77. The van der Waals surface area contributed by atoms with Gasteiger partial charge in [-0.05, 0) is 24.2 Å². The van der Waals surface area contributed by atoms with Crippen LogP contribution in [0.25, 0.3) is 0 Å². The maximum absolute atomic E-state index is 12.1. The molecule has 0 aromatic rings. The van der Waals surface area contributed by atoms with E-state index in [-0.39, 0.29) is 23.8 Å². The van der Waals surface area contributed by atoms with Crippen LogP contribution >= 0.6 is 0 Å². The molecule has 1 heterocycles. The summed E-state index contributed by atoms with van der Waals surface area (Å²) in [7, 11) is 0. The van der Waals surface area contributed by atoms with Gasteiger partial charge in [-0.3, -0.25) is 9.59 Å². The maximum Gasteiger partial charge on any atom is 0.303 e. The van der Waals surface area contributed by atoms with Crippen LogP contribution in [0, 0.1) is 11.3 Å². The highest BCUT2D eigenvalue weighted by atomic mass is 16.4. The van der Waals surface area contributed by atoms with E-state index in [4.69, 9.17) is 10.8 Å². The van der Waals surface area contributed by atoms with E-state index < -0.39 is 5.97 Å².